The molecule has 1 aliphatic rings. The molecule has 3 rings (SSSR count). The molecular weight excluding hydrogens is 292 g/mol. The van der Waals surface area contributed by atoms with E-state index in [1.165, 1.54) is 37.9 Å². The first-order valence-corrected chi connectivity index (χ1v) is 8.86. The van der Waals surface area contributed by atoms with Crippen LogP contribution in [0.15, 0.2) is 41.1 Å². The lowest BCUT2D eigenvalue weighted by molar-refractivity contribution is 0.0951. The predicted molar refractivity (Wildman–Crippen MR) is 91.1 cm³/mol. The van der Waals surface area contributed by atoms with Crippen LogP contribution in [0.3, 0.4) is 0 Å². The number of carbonyl (C=O) groups is 1. The Hall–Kier alpha value is -1.65. The molecule has 116 valence electrons. The molecule has 1 amide bonds. The van der Waals surface area contributed by atoms with E-state index in [1.807, 2.05) is 16.8 Å². The van der Waals surface area contributed by atoms with Gasteiger partial charge >= 0.3 is 0 Å². The van der Waals surface area contributed by atoms with E-state index in [9.17, 15) is 4.79 Å². The molecule has 0 atom stereocenters. The molecular formula is C18H22N2OS. The van der Waals surface area contributed by atoms with Gasteiger partial charge in [-0.2, -0.15) is 11.3 Å². The van der Waals surface area contributed by atoms with Crippen LogP contribution in [0.4, 0.5) is 0 Å². The highest BCUT2D eigenvalue weighted by atomic mass is 32.1. The monoisotopic (exact) mass is 314 g/mol. The minimum Gasteiger partial charge on any atom is -0.348 e. The highest BCUT2D eigenvalue weighted by Crippen LogP contribution is 2.14. The largest absolute Gasteiger partial charge is 0.348 e. The zero-order valence-corrected chi connectivity index (χ0v) is 13.6. The SMILES string of the molecule is O=C(NCc1ccc(CN2CCCCC2)cc1)c1ccsc1. The quantitative estimate of drug-likeness (QED) is 0.913. The maximum absolute atomic E-state index is 11.9. The van der Waals surface area contributed by atoms with Crippen molar-refractivity contribution in [3.63, 3.8) is 0 Å². The van der Waals surface area contributed by atoms with Gasteiger partial charge in [0.1, 0.15) is 0 Å². The Morgan fingerprint density at radius 3 is 2.45 bits per heavy atom. The highest BCUT2D eigenvalue weighted by molar-refractivity contribution is 7.08. The third kappa shape index (κ3) is 4.18. The van der Waals surface area contributed by atoms with Crippen molar-refractivity contribution in [2.75, 3.05) is 13.1 Å². The third-order valence-corrected chi connectivity index (χ3v) is 4.80. The van der Waals surface area contributed by atoms with E-state index in [-0.39, 0.29) is 5.91 Å². The molecule has 0 bridgehead atoms. The van der Waals surface area contributed by atoms with Gasteiger partial charge in [0.25, 0.3) is 5.91 Å². The molecule has 2 heterocycles. The van der Waals surface area contributed by atoms with Gasteiger partial charge in [-0.25, -0.2) is 0 Å². The van der Waals surface area contributed by atoms with Crippen LogP contribution in [-0.4, -0.2) is 23.9 Å². The average Bonchev–Trinajstić information content (AvgIpc) is 3.09. The average molecular weight is 314 g/mol. The number of piperidine rings is 1. The van der Waals surface area contributed by atoms with E-state index < -0.39 is 0 Å². The summed E-state index contributed by atoms with van der Waals surface area (Å²) in [6, 6.07) is 10.4. The van der Waals surface area contributed by atoms with Crippen LogP contribution in [0.25, 0.3) is 0 Å². The number of rotatable bonds is 5. The normalized spacial score (nSPS) is 15.6. The van der Waals surface area contributed by atoms with Gasteiger partial charge < -0.3 is 5.32 Å². The van der Waals surface area contributed by atoms with Crippen molar-refractivity contribution >= 4 is 17.2 Å². The molecule has 1 saturated heterocycles. The van der Waals surface area contributed by atoms with E-state index >= 15 is 0 Å². The van der Waals surface area contributed by atoms with Crippen molar-refractivity contribution < 1.29 is 4.79 Å². The van der Waals surface area contributed by atoms with E-state index in [4.69, 9.17) is 0 Å². The van der Waals surface area contributed by atoms with E-state index in [0.29, 0.717) is 6.54 Å². The van der Waals surface area contributed by atoms with Gasteiger partial charge in [-0.15, -0.1) is 0 Å². The van der Waals surface area contributed by atoms with E-state index in [1.54, 1.807) is 11.3 Å². The Kier molecular flexibility index (Phi) is 5.24. The fourth-order valence-electron chi connectivity index (χ4n) is 2.82. The molecule has 0 saturated carbocycles. The lowest BCUT2D eigenvalue weighted by Gasteiger charge is -2.26. The molecule has 1 aromatic heterocycles. The minimum atomic E-state index is -0.00126. The maximum atomic E-state index is 11.9. The number of nitrogens with zero attached hydrogens (tertiary/aromatic N) is 1. The molecule has 1 fully saturated rings. The fraction of sp³-hybridized carbons (Fsp3) is 0.389. The number of nitrogens with one attached hydrogen (secondary N) is 1. The molecule has 1 N–H and O–H groups in total. The summed E-state index contributed by atoms with van der Waals surface area (Å²) < 4.78 is 0. The van der Waals surface area contributed by atoms with Gasteiger partial charge in [0.05, 0.1) is 0 Å². The molecule has 22 heavy (non-hydrogen) atoms. The fourth-order valence-corrected chi connectivity index (χ4v) is 3.45. The second-order valence-corrected chi connectivity index (χ2v) is 6.63. The van der Waals surface area contributed by atoms with Crippen LogP contribution in [0, 0.1) is 0 Å². The number of benzene rings is 1. The predicted octanol–water partition coefficient (Wildman–Crippen LogP) is 3.66. The van der Waals surface area contributed by atoms with Crippen LogP contribution in [-0.2, 0) is 13.1 Å². The molecule has 1 aliphatic heterocycles. The summed E-state index contributed by atoms with van der Waals surface area (Å²) in [5.74, 6) is -0.00126. The van der Waals surface area contributed by atoms with Gasteiger partial charge in [0, 0.05) is 24.0 Å². The number of carbonyl (C=O) groups excluding carboxylic acids is 1. The van der Waals surface area contributed by atoms with Gasteiger partial charge in [0.15, 0.2) is 0 Å². The third-order valence-electron chi connectivity index (χ3n) is 4.11. The first kappa shape index (κ1) is 15.3. The topological polar surface area (TPSA) is 32.3 Å². The first-order chi connectivity index (χ1) is 10.8. The van der Waals surface area contributed by atoms with Crippen molar-refractivity contribution in [1.29, 1.82) is 0 Å². The van der Waals surface area contributed by atoms with Crippen LogP contribution in [0.5, 0.6) is 0 Å². The number of thiophene rings is 1. The zero-order valence-electron chi connectivity index (χ0n) is 12.8. The smallest absolute Gasteiger partial charge is 0.252 e. The summed E-state index contributed by atoms with van der Waals surface area (Å²) in [5, 5.41) is 6.75. The Bertz CT molecular complexity index is 586. The Balaban J connectivity index is 1.49. The van der Waals surface area contributed by atoms with Crippen molar-refractivity contribution in [2.24, 2.45) is 0 Å². The summed E-state index contributed by atoms with van der Waals surface area (Å²) in [7, 11) is 0. The van der Waals surface area contributed by atoms with Crippen molar-refractivity contribution in [1.82, 2.24) is 10.2 Å². The standard InChI is InChI=1S/C18H22N2OS/c21-18(17-8-11-22-14-17)19-12-15-4-6-16(7-5-15)13-20-9-2-1-3-10-20/h4-8,11,14H,1-3,9-10,12-13H2,(H,19,21). The van der Waals surface area contributed by atoms with Crippen LogP contribution in [0.1, 0.15) is 40.7 Å². The van der Waals surface area contributed by atoms with Crippen LogP contribution >= 0.6 is 11.3 Å². The second kappa shape index (κ2) is 7.56. The molecule has 0 aliphatic carbocycles. The molecule has 4 heteroatoms. The number of likely N-dealkylation sites (tertiary alicyclic amines) is 1. The van der Waals surface area contributed by atoms with Gasteiger partial charge in [-0.05, 0) is 48.5 Å². The van der Waals surface area contributed by atoms with E-state index in [2.05, 4.69) is 34.5 Å². The van der Waals surface area contributed by atoms with Gasteiger partial charge in [-0.1, -0.05) is 30.7 Å². The molecule has 0 unspecified atom stereocenters. The second-order valence-electron chi connectivity index (χ2n) is 5.85. The maximum Gasteiger partial charge on any atom is 0.252 e. The van der Waals surface area contributed by atoms with Gasteiger partial charge in [0.2, 0.25) is 0 Å². The van der Waals surface area contributed by atoms with Crippen LogP contribution < -0.4 is 5.32 Å². The lowest BCUT2D eigenvalue weighted by Crippen LogP contribution is -2.29. The van der Waals surface area contributed by atoms with E-state index in [0.717, 1.165) is 17.7 Å². The highest BCUT2D eigenvalue weighted by Gasteiger charge is 2.10. The molecule has 0 spiro atoms. The van der Waals surface area contributed by atoms with Crippen molar-refractivity contribution in [3.05, 3.63) is 57.8 Å². The summed E-state index contributed by atoms with van der Waals surface area (Å²) in [5.41, 5.74) is 3.24. The Morgan fingerprint density at radius 2 is 1.77 bits per heavy atom. The first-order valence-electron chi connectivity index (χ1n) is 7.92. The summed E-state index contributed by atoms with van der Waals surface area (Å²) >= 11 is 1.54. The van der Waals surface area contributed by atoms with Crippen molar-refractivity contribution in [2.45, 2.75) is 32.4 Å². The Labute approximate surface area is 136 Å². The summed E-state index contributed by atoms with van der Waals surface area (Å²) in [6.45, 7) is 4.07. The van der Waals surface area contributed by atoms with Crippen LogP contribution in [0.2, 0.25) is 0 Å². The number of amides is 1. The number of hydrogen-bond donors (Lipinski definition) is 1. The molecule has 3 nitrogen and oxygen atoms in total. The minimum absolute atomic E-state index is 0.00126. The number of hydrogen-bond acceptors (Lipinski definition) is 3. The Morgan fingerprint density at radius 1 is 1.05 bits per heavy atom. The summed E-state index contributed by atoms with van der Waals surface area (Å²) in [6.07, 6.45) is 4.03. The molecule has 2 aromatic rings. The van der Waals surface area contributed by atoms with Crippen molar-refractivity contribution in [3.8, 4) is 0 Å². The summed E-state index contributed by atoms with van der Waals surface area (Å²) in [4.78, 5) is 14.4. The van der Waals surface area contributed by atoms with Gasteiger partial charge in [-0.3, -0.25) is 9.69 Å². The molecule has 0 radical (unpaired) electrons. The lowest BCUT2D eigenvalue weighted by atomic mass is 10.1. The molecule has 1 aromatic carbocycles. The zero-order chi connectivity index (χ0) is 15.2.